The second-order valence-corrected chi connectivity index (χ2v) is 6.64. The summed E-state index contributed by atoms with van der Waals surface area (Å²) >= 11 is 0. The highest BCUT2D eigenvalue weighted by molar-refractivity contribution is 5.80. The van der Waals surface area contributed by atoms with Crippen LogP contribution in [0.2, 0.25) is 0 Å². The minimum atomic E-state index is 0.0793. The summed E-state index contributed by atoms with van der Waals surface area (Å²) in [4.78, 5) is 27.9. The summed E-state index contributed by atoms with van der Waals surface area (Å²) in [6.45, 7) is 8.51. The first-order chi connectivity index (χ1) is 11.4. The van der Waals surface area contributed by atoms with Crippen LogP contribution in [0.25, 0.3) is 0 Å². The summed E-state index contributed by atoms with van der Waals surface area (Å²) in [5.41, 5.74) is 2.14. The molecule has 1 aliphatic rings. The van der Waals surface area contributed by atoms with Gasteiger partial charge in [-0.15, -0.1) is 0 Å². The maximum absolute atomic E-state index is 12.7. The fraction of sp³-hybridized carbons (Fsp3) is 0.579. The van der Waals surface area contributed by atoms with Crippen LogP contribution in [0.3, 0.4) is 0 Å². The van der Waals surface area contributed by atoms with Crippen LogP contribution in [0, 0.1) is 0 Å². The lowest BCUT2D eigenvalue weighted by Crippen LogP contribution is -2.37. The van der Waals surface area contributed by atoms with Crippen molar-refractivity contribution in [2.45, 2.75) is 39.5 Å². The molecule has 0 saturated carbocycles. The van der Waals surface area contributed by atoms with Crippen molar-refractivity contribution in [1.29, 1.82) is 0 Å². The average Bonchev–Trinajstić information content (AvgIpc) is 2.80. The van der Waals surface area contributed by atoms with E-state index in [1.54, 1.807) is 14.0 Å². The van der Waals surface area contributed by atoms with Crippen molar-refractivity contribution in [3.05, 3.63) is 29.3 Å². The third kappa shape index (κ3) is 4.49. The Morgan fingerprint density at radius 2 is 1.79 bits per heavy atom. The van der Waals surface area contributed by atoms with Crippen LogP contribution in [0.15, 0.2) is 18.2 Å². The lowest BCUT2D eigenvalue weighted by Gasteiger charge is -2.22. The van der Waals surface area contributed by atoms with Gasteiger partial charge in [0, 0.05) is 38.7 Å². The Hall–Kier alpha value is -2.04. The molecule has 0 N–H and O–H groups in total. The fourth-order valence-corrected chi connectivity index (χ4v) is 3.05. The molecule has 2 amide bonds. The van der Waals surface area contributed by atoms with E-state index in [-0.39, 0.29) is 11.8 Å². The number of amides is 2. The van der Waals surface area contributed by atoms with Crippen molar-refractivity contribution >= 4 is 11.8 Å². The van der Waals surface area contributed by atoms with E-state index in [1.165, 1.54) is 5.56 Å². The Kier molecular flexibility index (Phi) is 6.23. The van der Waals surface area contributed by atoms with Crippen molar-refractivity contribution in [3.63, 3.8) is 0 Å². The Bertz CT molecular complexity index is 598. The number of benzene rings is 1. The predicted molar refractivity (Wildman–Crippen MR) is 94.2 cm³/mol. The molecule has 1 aromatic carbocycles. The Labute approximate surface area is 144 Å². The van der Waals surface area contributed by atoms with E-state index in [0.29, 0.717) is 32.0 Å². The molecule has 1 heterocycles. The highest BCUT2D eigenvalue weighted by Crippen LogP contribution is 2.25. The van der Waals surface area contributed by atoms with Crippen molar-refractivity contribution in [3.8, 4) is 5.75 Å². The van der Waals surface area contributed by atoms with Gasteiger partial charge in [0.05, 0.1) is 13.5 Å². The number of methoxy groups -OCH3 is 1. The molecule has 0 radical (unpaired) electrons. The average molecular weight is 332 g/mol. The van der Waals surface area contributed by atoms with Gasteiger partial charge in [-0.1, -0.05) is 26.0 Å². The van der Waals surface area contributed by atoms with Gasteiger partial charge in [-0.3, -0.25) is 9.59 Å². The quantitative estimate of drug-likeness (QED) is 0.851. The van der Waals surface area contributed by atoms with Crippen LogP contribution in [0.5, 0.6) is 5.75 Å². The molecule has 1 aromatic rings. The van der Waals surface area contributed by atoms with E-state index in [9.17, 15) is 9.59 Å². The SMILES string of the molecule is COc1ccc(C(C)C)cc1CC(=O)N1CCCN(C(C)=O)CC1. The zero-order chi connectivity index (χ0) is 17.7. The summed E-state index contributed by atoms with van der Waals surface area (Å²) in [6.07, 6.45) is 1.16. The predicted octanol–water partition coefficient (Wildman–Crippen LogP) is 2.44. The molecule has 1 saturated heterocycles. The van der Waals surface area contributed by atoms with Gasteiger partial charge >= 0.3 is 0 Å². The maximum atomic E-state index is 12.7. The van der Waals surface area contributed by atoms with Gasteiger partial charge in [0.2, 0.25) is 11.8 Å². The summed E-state index contributed by atoms with van der Waals surface area (Å²) in [7, 11) is 1.63. The molecule has 0 aromatic heterocycles. The molecule has 2 rings (SSSR count). The molecule has 24 heavy (non-hydrogen) atoms. The zero-order valence-electron chi connectivity index (χ0n) is 15.2. The van der Waals surface area contributed by atoms with Crippen LogP contribution in [0.4, 0.5) is 0 Å². The smallest absolute Gasteiger partial charge is 0.227 e. The number of hydrogen-bond acceptors (Lipinski definition) is 3. The number of hydrogen-bond donors (Lipinski definition) is 0. The molecule has 5 heteroatoms. The van der Waals surface area contributed by atoms with Crippen LogP contribution in [-0.4, -0.2) is 54.9 Å². The molecule has 132 valence electrons. The maximum Gasteiger partial charge on any atom is 0.227 e. The van der Waals surface area contributed by atoms with E-state index in [1.807, 2.05) is 21.9 Å². The number of ether oxygens (including phenoxy) is 1. The van der Waals surface area contributed by atoms with Crippen molar-refractivity contribution in [2.24, 2.45) is 0 Å². The summed E-state index contributed by atoms with van der Waals surface area (Å²) in [5, 5.41) is 0. The number of nitrogens with zero attached hydrogens (tertiary/aromatic N) is 2. The minimum Gasteiger partial charge on any atom is -0.496 e. The van der Waals surface area contributed by atoms with E-state index in [0.717, 1.165) is 24.3 Å². The molecule has 1 fully saturated rings. The molecule has 0 atom stereocenters. The monoisotopic (exact) mass is 332 g/mol. The largest absolute Gasteiger partial charge is 0.496 e. The van der Waals surface area contributed by atoms with Crippen molar-refractivity contribution < 1.29 is 14.3 Å². The topological polar surface area (TPSA) is 49.9 Å². The van der Waals surface area contributed by atoms with E-state index in [2.05, 4.69) is 19.9 Å². The normalized spacial score (nSPS) is 15.4. The molecule has 5 nitrogen and oxygen atoms in total. The summed E-state index contributed by atoms with van der Waals surface area (Å²) in [6, 6.07) is 6.06. The second kappa shape index (κ2) is 8.18. The second-order valence-electron chi connectivity index (χ2n) is 6.64. The molecule has 1 aliphatic heterocycles. The number of carbonyl (C=O) groups excluding carboxylic acids is 2. The molecule has 0 spiro atoms. The van der Waals surface area contributed by atoms with Crippen molar-refractivity contribution in [1.82, 2.24) is 9.80 Å². The fourth-order valence-electron chi connectivity index (χ4n) is 3.05. The standard InChI is InChI=1S/C19H28N2O3/c1-14(2)16-6-7-18(24-4)17(12-16)13-19(23)21-9-5-8-20(10-11-21)15(3)22/h6-7,12,14H,5,8-11,13H2,1-4H3. The van der Waals surface area contributed by atoms with Gasteiger partial charge in [-0.2, -0.15) is 0 Å². The molecule has 0 unspecified atom stereocenters. The Morgan fingerprint density at radius 3 is 2.42 bits per heavy atom. The highest BCUT2D eigenvalue weighted by atomic mass is 16.5. The lowest BCUT2D eigenvalue weighted by atomic mass is 9.98. The van der Waals surface area contributed by atoms with E-state index >= 15 is 0 Å². The van der Waals surface area contributed by atoms with Crippen LogP contribution in [0.1, 0.15) is 44.2 Å². The van der Waals surface area contributed by atoms with Gasteiger partial charge in [0.1, 0.15) is 5.75 Å². The van der Waals surface area contributed by atoms with Gasteiger partial charge in [0.15, 0.2) is 0 Å². The molecule has 0 aliphatic carbocycles. The highest BCUT2D eigenvalue weighted by Gasteiger charge is 2.21. The van der Waals surface area contributed by atoms with Crippen LogP contribution >= 0.6 is 0 Å². The van der Waals surface area contributed by atoms with E-state index < -0.39 is 0 Å². The van der Waals surface area contributed by atoms with Gasteiger partial charge < -0.3 is 14.5 Å². The molecule has 0 bridgehead atoms. The molecular formula is C19H28N2O3. The third-order valence-corrected chi connectivity index (χ3v) is 4.61. The first kappa shape index (κ1) is 18.3. The Morgan fingerprint density at radius 1 is 1.12 bits per heavy atom. The summed E-state index contributed by atoms with van der Waals surface area (Å²) < 4.78 is 5.42. The minimum absolute atomic E-state index is 0.0793. The van der Waals surface area contributed by atoms with Crippen LogP contribution < -0.4 is 4.74 Å². The first-order valence-electron chi connectivity index (χ1n) is 8.62. The summed E-state index contributed by atoms with van der Waals surface area (Å²) in [5.74, 6) is 1.34. The van der Waals surface area contributed by atoms with Gasteiger partial charge in [0.25, 0.3) is 0 Å². The zero-order valence-corrected chi connectivity index (χ0v) is 15.2. The number of rotatable bonds is 4. The lowest BCUT2D eigenvalue weighted by molar-refractivity contribution is -0.132. The molecular weight excluding hydrogens is 304 g/mol. The first-order valence-corrected chi connectivity index (χ1v) is 8.62. The van der Waals surface area contributed by atoms with E-state index in [4.69, 9.17) is 4.74 Å². The van der Waals surface area contributed by atoms with Crippen LogP contribution in [-0.2, 0) is 16.0 Å². The third-order valence-electron chi connectivity index (χ3n) is 4.61. The Balaban J connectivity index is 2.08. The van der Waals surface area contributed by atoms with Gasteiger partial charge in [-0.05, 0) is 24.0 Å². The number of carbonyl (C=O) groups is 2. The van der Waals surface area contributed by atoms with Crippen molar-refractivity contribution in [2.75, 3.05) is 33.3 Å². The van der Waals surface area contributed by atoms with Gasteiger partial charge in [-0.25, -0.2) is 0 Å².